The Bertz CT molecular complexity index is 1290. The van der Waals surface area contributed by atoms with E-state index >= 15 is 0 Å². The summed E-state index contributed by atoms with van der Waals surface area (Å²) in [6, 6.07) is 15.7. The topological polar surface area (TPSA) is 59.1 Å². The molecule has 1 heterocycles. The second-order valence-electron chi connectivity index (χ2n) is 5.88. The van der Waals surface area contributed by atoms with E-state index in [1.165, 1.54) is 17.8 Å². The zero-order valence-corrected chi connectivity index (χ0v) is 18.4. The van der Waals surface area contributed by atoms with E-state index < -0.39 is 15.8 Å². The van der Waals surface area contributed by atoms with Crippen molar-refractivity contribution < 1.29 is 12.8 Å². The molecular formula is C19H11Cl2FN2O2S3. The minimum atomic E-state index is -3.99. The number of hydrogen-bond donors (Lipinski definition) is 1. The van der Waals surface area contributed by atoms with E-state index in [0.29, 0.717) is 5.02 Å². The normalized spacial score (nSPS) is 11.7. The summed E-state index contributed by atoms with van der Waals surface area (Å²) in [6.45, 7) is 0. The Balaban J connectivity index is 1.56. The highest BCUT2D eigenvalue weighted by molar-refractivity contribution is 8.01. The van der Waals surface area contributed by atoms with Crippen LogP contribution in [0.25, 0.3) is 10.2 Å². The van der Waals surface area contributed by atoms with Gasteiger partial charge in [0.05, 0.1) is 25.9 Å². The van der Waals surface area contributed by atoms with Gasteiger partial charge in [-0.3, -0.25) is 4.72 Å². The maximum Gasteiger partial charge on any atom is 0.263 e. The molecule has 4 nitrogen and oxygen atoms in total. The molecule has 0 bridgehead atoms. The SMILES string of the molecule is O=S(=O)(Nc1ccc(Sc2nc3ccccc3s2)c(Cl)c1)c1ccc(F)cc1Cl. The Kier molecular flexibility index (Phi) is 5.72. The van der Waals surface area contributed by atoms with Crippen molar-refractivity contribution in [2.45, 2.75) is 14.1 Å². The highest BCUT2D eigenvalue weighted by Crippen LogP contribution is 2.38. The molecule has 0 unspecified atom stereocenters. The first-order valence-electron chi connectivity index (χ1n) is 8.13. The molecule has 4 aromatic rings. The monoisotopic (exact) mass is 484 g/mol. The minimum absolute atomic E-state index is 0.202. The fraction of sp³-hybridized carbons (Fsp3) is 0. The number of para-hydroxylation sites is 1. The van der Waals surface area contributed by atoms with Gasteiger partial charge in [-0.05, 0) is 48.5 Å². The lowest BCUT2D eigenvalue weighted by molar-refractivity contribution is 0.600. The number of nitrogens with zero attached hydrogens (tertiary/aromatic N) is 1. The van der Waals surface area contributed by atoms with Gasteiger partial charge in [-0.1, -0.05) is 47.1 Å². The summed E-state index contributed by atoms with van der Waals surface area (Å²) < 4.78 is 42.6. The molecule has 0 saturated carbocycles. The van der Waals surface area contributed by atoms with Crippen LogP contribution in [0.15, 0.2) is 74.8 Å². The zero-order valence-electron chi connectivity index (χ0n) is 14.4. The first-order valence-corrected chi connectivity index (χ1v) is 12.0. The van der Waals surface area contributed by atoms with Gasteiger partial charge >= 0.3 is 0 Å². The molecule has 1 aromatic heterocycles. The van der Waals surface area contributed by atoms with Gasteiger partial charge < -0.3 is 0 Å². The van der Waals surface area contributed by atoms with E-state index in [-0.39, 0.29) is 15.6 Å². The fourth-order valence-corrected chi connectivity index (χ4v) is 6.44. The van der Waals surface area contributed by atoms with Crippen molar-refractivity contribution in [3.8, 4) is 0 Å². The van der Waals surface area contributed by atoms with Gasteiger partial charge in [0.15, 0.2) is 4.34 Å². The van der Waals surface area contributed by atoms with Crippen LogP contribution < -0.4 is 4.72 Å². The van der Waals surface area contributed by atoms with Crippen molar-refractivity contribution in [1.29, 1.82) is 0 Å². The van der Waals surface area contributed by atoms with Gasteiger partial charge in [-0.25, -0.2) is 17.8 Å². The summed E-state index contributed by atoms with van der Waals surface area (Å²) in [7, 11) is -3.99. The maximum absolute atomic E-state index is 13.2. The molecule has 0 aliphatic heterocycles. The van der Waals surface area contributed by atoms with Crippen molar-refractivity contribution in [2.75, 3.05) is 4.72 Å². The van der Waals surface area contributed by atoms with Crippen LogP contribution >= 0.6 is 46.3 Å². The lowest BCUT2D eigenvalue weighted by Crippen LogP contribution is -2.13. The van der Waals surface area contributed by atoms with Crippen LogP contribution in [-0.4, -0.2) is 13.4 Å². The largest absolute Gasteiger partial charge is 0.280 e. The van der Waals surface area contributed by atoms with Crippen LogP contribution in [0.4, 0.5) is 10.1 Å². The highest BCUT2D eigenvalue weighted by Gasteiger charge is 2.19. The molecule has 0 spiro atoms. The smallest absolute Gasteiger partial charge is 0.263 e. The van der Waals surface area contributed by atoms with E-state index in [1.54, 1.807) is 23.5 Å². The van der Waals surface area contributed by atoms with Crippen LogP contribution in [0, 0.1) is 5.82 Å². The molecule has 4 rings (SSSR count). The van der Waals surface area contributed by atoms with Gasteiger partial charge in [-0.2, -0.15) is 0 Å². The van der Waals surface area contributed by atoms with Crippen LogP contribution in [0.1, 0.15) is 0 Å². The highest BCUT2D eigenvalue weighted by atomic mass is 35.5. The molecule has 3 aromatic carbocycles. The summed E-state index contributed by atoms with van der Waals surface area (Å²) in [6.07, 6.45) is 0. The Morgan fingerprint density at radius 2 is 1.79 bits per heavy atom. The first kappa shape index (κ1) is 20.4. The van der Waals surface area contributed by atoms with Crippen molar-refractivity contribution in [3.63, 3.8) is 0 Å². The lowest BCUT2D eigenvalue weighted by atomic mass is 10.3. The van der Waals surface area contributed by atoms with E-state index in [2.05, 4.69) is 9.71 Å². The number of benzene rings is 3. The first-order chi connectivity index (χ1) is 13.8. The molecule has 0 amide bonds. The number of halogens is 3. The number of rotatable bonds is 5. The molecule has 0 radical (unpaired) electrons. The number of fused-ring (bicyclic) bond motifs is 1. The molecule has 29 heavy (non-hydrogen) atoms. The molecule has 0 fully saturated rings. The van der Waals surface area contributed by atoms with E-state index in [0.717, 1.165) is 37.7 Å². The molecule has 10 heteroatoms. The van der Waals surface area contributed by atoms with Crippen molar-refractivity contribution in [2.24, 2.45) is 0 Å². The summed E-state index contributed by atoms with van der Waals surface area (Å²) in [5.41, 5.74) is 1.18. The number of aromatic nitrogens is 1. The number of anilines is 1. The molecule has 1 N–H and O–H groups in total. The lowest BCUT2D eigenvalue weighted by Gasteiger charge is -2.11. The van der Waals surface area contributed by atoms with E-state index in [1.807, 2.05) is 24.3 Å². The van der Waals surface area contributed by atoms with Gasteiger partial charge in [0, 0.05) is 4.90 Å². The average molecular weight is 485 g/mol. The van der Waals surface area contributed by atoms with E-state index in [9.17, 15) is 12.8 Å². The number of hydrogen-bond acceptors (Lipinski definition) is 5. The van der Waals surface area contributed by atoms with Crippen LogP contribution in [0.5, 0.6) is 0 Å². The van der Waals surface area contributed by atoms with Crippen LogP contribution in [-0.2, 0) is 10.0 Å². The summed E-state index contributed by atoms with van der Waals surface area (Å²) in [4.78, 5) is 5.08. The van der Waals surface area contributed by atoms with Crippen LogP contribution in [0.3, 0.4) is 0 Å². The fourth-order valence-electron chi connectivity index (χ4n) is 2.54. The molecule has 0 atom stereocenters. The van der Waals surface area contributed by atoms with Gasteiger partial charge in [-0.15, -0.1) is 11.3 Å². The Morgan fingerprint density at radius 3 is 2.52 bits per heavy atom. The van der Waals surface area contributed by atoms with Crippen molar-refractivity contribution in [1.82, 2.24) is 4.98 Å². The summed E-state index contributed by atoms with van der Waals surface area (Å²) >= 11 is 15.2. The van der Waals surface area contributed by atoms with Gasteiger partial charge in [0.2, 0.25) is 0 Å². The van der Waals surface area contributed by atoms with Gasteiger partial charge in [0.25, 0.3) is 10.0 Å². The average Bonchev–Trinajstić information content (AvgIpc) is 3.06. The molecule has 148 valence electrons. The zero-order chi connectivity index (χ0) is 20.6. The van der Waals surface area contributed by atoms with E-state index in [4.69, 9.17) is 23.2 Å². The van der Waals surface area contributed by atoms with Crippen molar-refractivity contribution >= 4 is 72.2 Å². The molecule has 0 aliphatic rings. The number of sulfonamides is 1. The molecule has 0 saturated heterocycles. The third kappa shape index (κ3) is 4.51. The summed E-state index contributed by atoms with van der Waals surface area (Å²) in [5.74, 6) is -0.617. The second-order valence-corrected chi connectivity index (χ2v) is 10.7. The minimum Gasteiger partial charge on any atom is -0.280 e. The molecule has 0 aliphatic carbocycles. The summed E-state index contributed by atoms with van der Waals surface area (Å²) in [5, 5.41) is 0.172. The van der Waals surface area contributed by atoms with Crippen LogP contribution in [0.2, 0.25) is 10.0 Å². The maximum atomic E-state index is 13.2. The molecular weight excluding hydrogens is 474 g/mol. The Hall–Kier alpha value is -1.84. The third-order valence-electron chi connectivity index (χ3n) is 3.84. The quantitative estimate of drug-likeness (QED) is 0.342. The Labute approximate surface area is 184 Å². The third-order valence-corrected chi connectivity index (χ3v) is 8.30. The predicted octanol–water partition coefficient (Wildman–Crippen LogP) is 6.69. The standard InChI is InChI=1S/C19H11Cl2FN2O2S3/c20-13-10-12(24-29(25,26)18-8-5-11(22)9-14(18)21)6-7-16(13)27-19-23-15-3-1-2-4-17(15)28-19/h1-10,24H. The Morgan fingerprint density at radius 1 is 1.00 bits per heavy atom. The number of thiazole rings is 1. The predicted molar refractivity (Wildman–Crippen MR) is 117 cm³/mol. The second kappa shape index (κ2) is 8.12. The number of nitrogens with one attached hydrogen (secondary N) is 1. The van der Waals surface area contributed by atoms with Crippen molar-refractivity contribution in [3.05, 3.63) is 76.5 Å². The van der Waals surface area contributed by atoms with Gasteiger partial charge in [0.1, 0.15) is 10.7 Å².